The number of hydrogen-bond acceptors (Lipinski definition) is 4. The van der Waals surface area contributed by atoms with Gasteiger partial charge in [-0.25, -0.2) is 4.98 Å². The molecule has 96 valence electrons. The Morgan fingerprint density at radius 1 is 1.44 bits per heavy atom. The van der Waals surface area contributed by atoms with E-state index in [9.17, 15) is 8.78 Å². The standard InChI is InChI=1S/C11H9ClF2N2OS/c12-10-16-6-9(18-10)5-15-7-2-1-3-8(4-7)17-11(13)14/h1-4,6,11,15H,5H2. The van der Waals surface area contributed by atoms with E-state index in [1.807, 2.05) is 0 Å². The zero-order valence-electron chi connectivity index (χ0n) is 9.07. The van der Waals surface area contributed by atoms with E-state index in [0.717, 1.165) is 4.88 Å². The van der Waals surface area contributed by atoms with E-state index < -0.39 is 6.61 Å². The fraction of sp³-hybridized carbons (Fsp3) is 0.182. The van der Waals surface area contributed by atoms with Gasteiger partial charge in [0.15, 0.2) is 4.47 Å². The van der Waals surface area contributed by atoms with E-state index in [1.165, 1.54) is 23.5 Å². The Hall–Kier alpha value is -1.40. The largest absolute Gasteiger partial charge is 0.435 e. The lowest BCUT2D eigenvalue weighted by Crippen LogP contribution is -2.03. The van der Waals surface area contributed by atoms with Crippen LogP contribution in [0, 0.1) is 0 Å². The minimum atomic E-state index is -2.82. The zero-order chi connectivity index (χ0) is 13.0. The van der Waals surface area contributed by atoms with Gasteiger partial charge in [-0.05, 0) is 12.1 Å². The highest BCUT2D eigenvalue weighted by atomic mass is 35.5. The highest BCUT2D eigenvalue weighted by Gasteiger charge is 2.05. The summed E-state index contributed by atoms with van der Waals surface area (Å²) in [5.74, 6) is 0.123. The second-order valence-electron chi connectivity index (χ2n) is 3.34. The summed E-state index contributed by atoms with van der Waals surface area (Å²) in [5.41, 5.74) is 0.692. The Bertz CT molecular complexity index is 521. The summed E-state index contributed by atoms with van der Waals surface area (Å²) >= 11 is 7.06. The molecule has 0 spiro atoms. The Labute approximate surface area is 111 Å². The SMILES string of the molecule is FC(F)Oc1cccc(NCc2cnc(Cl)s2)c1. The van der Waals surface area contributed by atoms with Crippen LogP contribution in [0.3, 0.4) is 0 Å². The van der Waals surface area contributed by atoms with Gasteiger partial charge in [0.05, 0.1) is 6.54 Å². The van der Waals surface area contributed by atoms with Gasteiger partial charge < -0.3 is 10.1 Å². The fourth-order valence-electron chi connectivity index (χ4n) is 1.34. The van der Waals surface area contributed by atoms with Gasteiger partial charge in [-0.3, -0.25) is 0 Å². The molecule has 0 aliphatic carbocycles. The zero-order valence-corrected chi connectivity index (χ0v) is 10.6. The van der Waals surface area contributed by atoms with Crippen molar-refractivity contribution < 1.29 is 13.5 Å². The van der Waals surface area contributed by atoms with Crippen LogP contribution in [0.1, 0.15) is 4.88 Å². The number of halogens is 3. The first kappa shape index (κ1) is 13.0. The molecule has 0 saturated carbocycles. The lowest BCUT2D eigenvalue weighted by atomic mass is 10.3. The molecule has 1 heterocycles. The van der Waals surface area contributed by atoms with Gasteiger partial charge in [-0.15, -0.1) is 11.3 Å². The molecule has 18 heavy (non-hydrogen) atoms. The number of ether oxygens (including phenoxy) is 1. The van der Waals surface area contributed by atoms with Crippen LogP contribution >= 0.6 is 22.9 Å². The normalized spacial score (nSPS) is 10.7. The molecule has 2 rings (SSSR count). The van der Waals surface area contributed by atoms with Gasteiger partial charge in [0.25, 0.3) is 0 Å². The Kier molecular flexibility index (Phi) is 4.33. The van der Waals surface area contributed by atoms with Crippen LogP contribution in [-0.2, 0) is 6.54 Å². The monoisotopic (exact) mass is 290 g/mol. The molecule has 1 aromatic heterocycles. The number of anilines is 1. The molecule has 0 unspecified atom stereocenters. The van der Waals surface area contributed by atoms with Crippen molar-refractivity contribution in [3.63, 3.8) is 0 Å². The lowest BCUT2D eigenvalue weighted by Gasteiger charge is -2.08. The van der Waals surface area contributed by atoms with E-state index in [-0.39, 0.29) is 5.75 Å². The van der Waals surface area contributed by atoms with E-state index >= 15 is 0 Å². The minimum absolute atomic E-state index is 0.123. The van der Waals surface area contributed by atoms with Crippen molar-refractivity contribution in [1.29, 1.82) is 0 Å². The fourth-order valence-corrected chi connectivity index (χ4v) is 2.25. The van der Waals surface area contributed by atoms with Crippen LogP contribution < -0.4 is 10.1 Å². The minimum Gasteiger partial charge on any atom is -0.435 e. The van der Waals surface area contributed by atoms with Crippen LogP contribution in [0.5, 0.6) is 5.75 Å². The van der Waals surface area contributed by atoms with Gasteiger partial charge in [0, 0.05) is 22.8 Å². The highest BCUT2D eigenvalue weighted by molar-refractivity contribution is 7.15. The quantitative estimate of drug-likeness (QED) is 0.903. The van der Waals surface area contributed by atoms with Crippen LogP contribution in [0.2, 0.25) is 4.47 Å². The predicted molar refractivity (Wildman–Crippen MR) is 67.5 cm³/mol. The number of benzene rings is 1. The maximum atomic E-state index is 12.0. The van der Waals surface area contributed by atoms with E-state index in [1.54, 1.807) is 18.3 Å². The van der Waals surface area contributed by atoms with E-state index in [0.29, 0.717) is 16.7 Å². The van der Waals surface area contributed by atoms with Crippen molar-refractivity contribution in [2.75, 3.05) is 5.32 Å². The van der Waals surface area contributed by atoms with Crippen molar-refractivity contribution in [2.45, 2.75) is 13.2 Å². The summed E-state index contributed by atoms with van der Waals surface area (Å²) in [7, 11) is 0. The van der Waals surface area contributed by atoms with Gasteiger partial charge in [0.1, 0.15) is 5.75 Å². The summed E-state index contributed by atoms with van der Waals surface area (Å²) in [6, 6.07) is 6.39. The van der Waals surface area contributed by atoms with Crippen molar-refractivity contribution in [1.82, 2.24) is 4.98 Å². The number of aromatic nitrogens is 1. The molecule has 3 nitrogen and oxygen atoms in total. The van der Waals surface area contributed by atoms with Gasteiger partial charge in [0.2, 0.25) is 0 Å². The third-order valence-electron chi connectivity index (χ3n) is 2.05. The number of thiazole rings is 1. The Balaban J connectivity index is 1.96. The number of nitrogens with one attached hydrogen (secondary N) is 1. The summed E-state index contributed by atoms with van der Waals surface area (Å²) in [4.78, 5) is 4.86. The molecule has 0 atom stereocenters. The van der Waals surface area contributed by atoms with Crippen molar-refractivity contribution in [2.24, 2.45) is 0 Å². The maximum absolute atomic E-state index is 12.0. The van der Waals surface area contributed by atoms with E-state index in [4.69, 9.17) is 11.6 Å². The van der Waals surface area contributed by atoms with Crippen molar-refractivity contribution >= 4 is 28.6 Å². The number of alkyl halides is 2. The molecule has 1 aromatic carbocycles. The highest BCUT2D eigenvalue weighted by Crippen LogP contribution is 2.22. The molecular weight excluding hydrogens is 282 g/mol. The molecule has 1 N–H and O–H groups in total. The van der Waals surface area contributed by atoms with Gasteiger partial charge >= 0.3 is 6.61 Å². The summed E-state index contributed by atoms with van der Waals surface area (Å²) in [6.45, 7) is -2.29. The topological polar surface area (TPSA) is 34.1 Å². The molecular formula is C11H9ClF2N2OS. The maximum Gasteiger partial charge on any atom is 0.387 e. The smallest absolute Gasteiger partial charge is 0.387 e. The second kappa shape index (κ2) is 5.97. The van der Waals surface area contributed by atoms with Gasteiger partial charge in [-0.2, -0.15) is 8.78 Å². The first-order valence-electron chi connectivity index (χ1n) is 5.02. The molecule has 0 aliphatic heterocycles. The molecule has 7 heteroatoms. The summed E-state index contributed by atoms with van der Waals surface area (Å²) in [6.07, 6.45) is 1.67. The number of hydrogen-bond donors (Lipinski definition) is 1. The molecule has 0 saturated heterocycles. The van der Waals surface area contributed by atoms with Gasteiger partial charge in [-0.1, -0.05) is 17.7 Å². The summed E-state index contributed by atoms with van der Waals surface area (Å²) in [5, 5.41) is 3.07. The Morgan fingerprint density at radius 3 is 2.94 bits per heavy atom. The molecule has 0 radical (unpaired) electrons. The predicted octanol–water partition coefficient (Wildman–Crippen LogP) is 4.01. The van der Waals surface area contributed by atoms with Crippen LogP contribution in [0.4, 0.5) is 14.5 Å². The first-order chi connectivity index (χ1) is 8.63. The molecule has 0 aliphatic rings. The van der Waals surface area contributed by atoms with Crippen LogP contribution in [0.15, 0.2) is 30.5 Å². The molecule has 0 bridgehead atoms. The third-order valence-corrected chi connectivity index (χ3v) is 3.17. The summed E-state index contributed by atoms with van der Waals surface area (Å²) < 4.78 is 28.9. The first-order valence-corrected chi connectivity index (χ1v) is 6.22. The van der Waals surface area contributed by atoms with Crippen LogP contribution in [-0.4, -0.2) is 11.6 Å². The molecule has 2 aromatic rings. The number of nitrogens with zero attached hydrogens (tertiary/aromatic N) is 1. The number of rotatable bonds is 5. The second-order valence-corrected chi connectivity index (χ2v) is 5.04. The van der Waals surface area contributed by atoms with Crippen molar-refractivity contribution in [3.05, 3.63) is 39.8 Å². The average molecular weight is 291 g/mol. The Morgan fingerprint density at radius 2 is 2.28 bits per heavy atom. The van der Waals surface area contributed by atoms with Crippen LogP contribution in [0.25, 0.3) is 0 Å². The molecule has 0 amide bonds. The van der Waals surface area contributed by atoms with E-state index in [2.05, 4.69) is 15.0 Å². The third kappa shape index (κ3) is 3.82. The molecule has 0 fully saturated rings. The average Bonchev–Trinajstić information content (AvgIpc) is 2.72. The van der Waals surface area contributed by atoms with Crippen molar-refractivity contribution in [3.8, 4) is 5.75 Å². The lowest BCUT2D eigenvalue weighted by molar-refractivity contribution is -0.0498.